The van der Waals surface area contributed by atoms with Gasteiger partial charge in [0, 0.05) is 18.0 Å². The smallest absolute Gasteiger partial charge is 0.223 e. The third-order valence-electron chi connectivity index (χ3n) is 4.81. The number of hydrogen-bond acceptors (Lipinski definition) is 3. The minimum atomic E-state index is -1.16. The number of piperazine rings is 1. The molecule has 1 saturated heterocycles. The maximum absolute atomic E-state index is 12.0. The van der Waals surface area contributed by atoms with Crippen LogP contribution in [0.15, 0.2) is 18.2 Å². The molecule has 0 bridgehead atoms. The fraction of sp³-hybridized carbons (Fsp3) is 0.556. The number of carbonyl (C=O) groups is 2. The quantitative estimate of drug-likeness (QED) is 0.805. The number of aliphatic carboxylic acids is 1. The Kier molecular flexibility index (Phi) is 5.77. The van der Waals surface area contributed by atoms with Gasteiger partial charge < -0.3 is 19.7 Å². The zero-order valence-electron chi connectivity index (χ0n) is 14.2. The fourth-order valence-electron chi connectivity index (χ4n) is 3.37. The molecule has 1 amide bonds. The largest absolute Gasteiger partial charge is 0.550 e. The Morgan fingerprint density at radius 2 is 1.87 bits per heavy atom. The van der Waals surface area contributed by atoms with Gasteiger partial charge in [0.2, 0.25) is 5.91 Å². The third-order valence-corrected chi connectivity index (χ3v) is 4.81. The summed E-state index contributed by atoms with van der Waals surface area (Å²) in [6.07, 6.45) is -0.144. The number of rotatable bonds is 5. The van der Waals surface area contributed by atoms with Crippen molar-refractivity contribution >= 4 is 11.9 Å². The van der Waals surface area contributed by atoms with Gasteiger partial charge in [-0.2, -0.15) is 0 Å². The molecule has 1 aromatic rings. The molecule has 126 valence electrons. The molecule has 0 spiro atoms. The average Bonchev–Trinajstić information content (AvgIpc) is 2.52. The highest BCUT2D eigenvalue weighted by Crippen LogP contribution is 2.16. The molecular weight excluding hydrogens is 292 g/mol. The average molecular weight is 318 g/mol. The van der Waals surface area contributed by atoms with Crippen LogP contribution < -0.4 is 10.0 Å². The van der Waals surface area contributed by atoms with Crippen molar-refractivity contribution in [1.29, 1.82) is 0 Å². The summed E-state index contributed by atoms with van der Waals surface area (Å²) in [5.41, 5.74) is 3.96. The summed E-state index contributed by atoms with van der Waals surface area (Å²) >= 11 is 0. The summed E-state index contributed by atoms with van der Waals surface area (Å²) in [6, 6.07) is 6.97. The van der Waals surface area contributed by atoms with Crippen molar-refractivity contribution < 1.29 is 19.6 Å². The molecule has 1 aliphatic rings. The van der Waals surface area contributed by atoms with E-state index in [9.17, 15) is 14.7 Å². The molecule has 0 radical (unpaired) electrons. The van der Waals surface area contributed by atoms with Gasteiger partial charge in [-0.25, -0.2) is 0 Å². The van der Waals surface area contributed by atoms with Crippen LogP contribution >= 0.6 is 0 Å². The topological polar surface area (TPSA) is 64.9 Å². The van der Waals surface area contributed by atoms with E-state index in [1.807, 2.05) is 0 Å². The standard InChI is InChI=1S/C18H26N2O3/c1-13-4-5-16(14(2)12-13)15(3)19-8-10-20(11-9-19)17(21)6-7-18(22)23/h4-5,12,15H,6-11H2,1-3H3,(H,22,23)/t15-/m1/s1. The number of carbonyl (C=O) groups excluding carboxylic acids is 2. The van der Waals surface area contributed by atoms with Crippen LogP contribution in [0.1, 0.15) is 42.5 Å². The van der Waals surface area contributed by atoms with Gasteiger partial charge in [0.05, 0.1) is 26.2 Å². The van der Waals surface area contributed by atoms with Gasteiger partial charge >= 0.3 is 0 Å². The molecule has 1 aliphatic heterocycles. The molecule has 1 fully saturated rings. The van der Waals surface area contributed by atoms with E-state index < -0.39 is 5.97 Å². The number of aryl methyl sites for hydroxylation is 2. The molecule has 0 saturated carbocycles. The first-order valence-corrected chi connectivity index (χ1v) is 8.28. The molecule has 0 unspecified atom stereocenters. The Labute approximate surface area is 137 Å². The van der Waals surface area contributed by atoms with E-state index in [1.165, 1.54) is 21.6 Å². The number of hydrogen-bond donors (Lipinski definition) is 1. The van der Waals surface area contributed by atoms with Crippen LogP contribution in [0.3, 0.4) is 0 Å². The fourth-order valence-corrected chi connectivity index (χ4v) is 3.37. The number of nitrogens with one attached hydrogen (secondary N) is 1. The van der Waals surface area contributed by atoms with Crippen LogP contribution in [0, 0.1) is 13.8 Å². The van der Waals surface area contributed by atoms with Crippen molar-refractivity contribution in [2.45, 2.75) is 39.7 Å². The molecule has 5 heteroatoms. The van der Waals surface area contributed by atoms with Crippen LogP contribution in [-0.4, -0.2) is 43.0 Å². The summed E-state index contributed by atoms with van der Waals surface area (Å²) < 4.78 is 0. The molecule has 1 atom stereocenters. The first-order chi connectivity index (χ1) is 10.9. The number of carboxylic acids is 1. The van der Waals surface area contributed by atoms with Crippen LogP contribution in [0.2, 0.25) is 0 Å². The molecule has 1 aromatic carbocycles. The number of benzene rings is 1. The Bertz CT molecular complexity index is 578. The van der Waals surface area contributed by atoms with Gasteiger partial charge in [0.15, 0.2) is 0 Å². The minimum Gasteiger partial charge on any atom is -0.550 e. The van der Waals surface area contributed by atoms with Crippen molar-refractivity contribution in [3.05, 3.63) is 34.9 Å². The summed E-state index contributed by atoms with van der Waals surface area (Å²) in [4.78, 5) is 25.7. The summed E-state index contributed by atoms with van der Waals surface area (Å²) in [7, 11) is 0. The summed E-state index contributed by atoms with van der Waals surface area (Å²) in [5, 5.41) is 10.5. The van der Waals surface area contributed by atoms with E-state index in [0.717, 1.165) is 13.1 Å². The Balaban J connectivity index is 1.90. The molecule has 0 aromatic heterocycles. The van der Waals surface area contributed by atoms with Crippen LogP contribution in [-0.2, 0) is 9.59 Å². The van der Waals surface area contributed by atoms with Gasteiger partial charge in [-0.3, -0.25) is 4.79 Å². The normalized spacial score (nSPS) is 17.1. The predicted octanol–water partition coefficient (Wildman–Crippen LogP) is -0.378. The molecule has 1 N–H and O–H groups in total. The van der Waals surface area contributed by atoms with Crippen LogP contribution in [0.4, 0.5) is 0 Å². The first kappa shape index (κ1) is 17.5. The maximum atomic E-state index is 12.0. The highest BCUT2D eigenvalue weighted by molar-refractivity contribution is 5.80. The van der Waals surface area contributed by atoms with Crippen molar-refractivity contribution in [2.24, 2.45) is 0 Å². The molecule has 2 rings (SSSR count). The lowest BCUT2D eigenvalue weighted by atomic mass is 9.98. The number of carboxylic acid groups (broad SMARTS) is 1. The SMILES string of the molecule is Cc1ccc([C@@H](C)[NH+]2CCN(C(=O)CCC(=O)[O-])CC2)c(C)c1. The van der Waals surface area contributed by atoms with E-state index in [0.29, 0.717) is 19.1 Å². The Morgan fingerprint density at radius 3 is 2.43 bits per heavy atom. The second-order valence-corrected chi connectivity index (χ2v) is 6.49. The van der Waals surface area contributed by atoms with Gasteiger partial charge in [0.25, 0.3) is 0 Å². The third kappa shape index (κ3) is 4.55. The molecular formula is C18H26N2O3. The summed E-state index contributed by atoms with van der Waals surface area (Å²) in [6.45, 7) is 9.66. The Morgan fingerprint density at radius 1 is 1.22 bits per heavy atom. The lowest BCUT2D eigenvalue weighted by Gasteiger charge is -2.36. The summed E-state index contributed by atoms with van der Waals surface area (Å²) in [5.74, 6) is -1.24. The van der Waals surface area contributed by atoms with Gasteiger partial charge in [-0.05, 0) is 32.8 Å². The zero-order valence-corrected chi connectivity index (χ0v) is 14.2. The predicted molar refractivity (Wildman–Crippen MR) is 85.8 cm³/mol. The van der Waals surface area contributed by atoms with E-state index in [1.54, 1.807) is 4.90 Å². The van der Waals surface area contributed by atoms with E-state index in [-0.39, 0.29) is 18.7 Å². The monoisotopic (exact) mass is 318 g/mol. The highest BCUT2D eigenvalue weighted by Gasteiger charge is 2.28. The number of quaternary nitrogens is 1. The van der Waals surface area contributed by atoms with Gasteiger partial charge in [-0.15, -0.1) is 0 Å². The number of nitrogens with zero attached hydrogens (tertiary/aromatic N) is 1. The zero-order chi connectivity index (χ0) is 17.0. The van der Waals surface area contributed by atoms with E-state index >= 15 is 0 Å². The van der Waals surface area contributed by atoms with Crippen LogP contribution in [0.25, 0.3) is 0 Å². The second kappa shape index (κ2) is 7.59. The van der Waals surface area contributed by atoms with Gasteiger partial charge in [-0.1, -0.05) is 23.8 Å². The maximum Gasteiger partial charge on any atom is 0.223 e. The lowest BCUT2D eigenvalue weighted by Crippen LogP contribution is -3.14. The Hall–Kier alpha value is -1.88. The van der Waals surface area contributed by atoms with Crippen molar-refractivity contribution in [3.63, 3.8) is 0 Å². The van der Waals surface area contributed by atoms with E-state index in [4.69, 9.17) is 0 Å². The lowest BCUT2D eigenvalue weighted by molar-refractivity contribution is -0.933. The molecule has 0 aliphatic carbocycles. The van der Waals surface area contributed by atoms with Crippen molar-refractivity contribution in [3.8, 4) is 0 Å². The minimum absolute atomic E-state index is 0.0459. The molecule has 1 heterocycles. The van der Waals surface area contributed by atoms with E-state index in [2.05, 4.69) is 39.0 Å². The van der Waals surface area contributed by atoms with Crippen molar-refractivity contribution in [2.75, 3.05) is 26.2 Å². The molecule has 5 nitrogen and oxygen atoms in total. The second-order valence-electron chi connectivity index (χ2n) is 6.49. The molecule has 23 heavy (non-hydrogen) atoms. The van der Waals surface area contributed by atoms with Gasteiger partial charge in [0.1, 0.15) is 6.04 Å². The first-order valence-electron chi connectivity index (χ1n) is 8.28. The highest BCUT2D eigenvalue weighted by atomic mass is 16.4. The number of amides is 1. The van der Waals surface area contributed by atoms with Crippen LogP contribution in [0.5, 0.6) is 0 Å². The van der Waals surface area contributed by atoms with Crippen molar-refractivity contribution in [1.82, 2.24) is 4.90 Å².